The van der Waals surface area contributed by atoms with Gasteiger partial charge in [-0.05, 0) is 43.7 Å². The summed E-state index contributed by atoms with van der Waals surface area (Å²) in [5.74, 6) is -0.161. The van der Waals surface area contributed by atoms with Gasteiger partial charge < -0.3 is 14.4 Å². The lowest BCUT2D eigenvalue weighted by Gasteiger charge is -2.31. The summed E-state index contributed by atoms with van der Waals surface area (Å²) in [6, 6.07) is 5.76. The summed E-state index contributed by atoms with van der Waals surface area (Å²) in [6.07, 6.45) is 8.00. The van der Waals surface area contributed by atoms with E-state index in [0.29, 0.717) is 49.8 Å². The summed E-state index contributed by atoms with van der Waals surface area (Å²) in [5, 5.41) is 0.788. The molecule has 3 atom stereocenters. The molecule has 4 aliphatic rings. The smallest absolute Gasteiger partial charge is 0.319 e. The molecule has 3 aliphatic heterocycles. The summed E-state index contributed by atoms with van der Waals surface area (Å²) in [5.41, 5.74) is -0.895. The molecular formula is C34H28F5N5O2. The maximum Gasteiger partial charge on any atom is 0.319 e. The quantitative estimate of drug-likeness (QED) is 0.191. The lowest BCUT2D eigenvalue weighted by molar-refractivity contribution is 0.108. The van der Waals surface area contributed by atoms with E-state index in [1.54, 1.807) is 18.2 Å². The van der Waals surface area contributed by atoms with Gasteiger partial charge in [0, 0.05) is 47.8 Å². The Morgan fingerprint density at radius 2 is 2.02 bits per heavy atom. The number of hydrogen-bond donors (Lipinski definition) is 0. The number of ether oxygens (including phenoxy) is 2. The minimum atomic E-state index is -1.66. The highest BCUT2D eigenvalue weighted by molar-refractivity contribution is 6.02. The van der Waals surface area contributed by atoms with Crippen molar-refractivity contribution >= 4 is 27.5 Å². The van der Waals surface area contributed by atoms with Crippen LogP contribution in [0.15, 0.2) is 42.1 Å². The van der Waals surface area contributed by atoms with Crippen molar-refractivity contribution in [2.24, 2.45) is 5.92 Å². The molecule has 0 unspecified atom stereocenters. The van der Waals surface area contributed by atoms with Gasteiger partial charge >= 0.3 is 6.01 Å². The van der Waals surface area contributed by atoms with E-state index in [9.17, 15) is 17.6 Å². The Hall–Kier alpha value is -4.34. The Morgan fingerprint density at radius 3 is 2.85 bits per heavy atom. The van der Waals surface area contributed by atoms with Gasteiger partial charge in [-0.3, -0.25) is 9.88 Å². The minimum absolute atomic E-state index is 0.0587. The highest BCUT2D eigenvalue weighted by Gasteiger charge is 2.49. The first-order valence-electron chi connectivity index (χ1n) is 15.3. The van der Waals surface area contributed by atoms with E-state index in [1.807, 2.05) is 4.90 Å². The molecule has 0 radical (unpaired) electrons. The van der Waals surface area contributed by atoms with E-state index in [-0.39, 0.29) is 70.3 Å². The molecule has 7 nitrogen and oxygen atoms in total. The molecule has 0 bridgehead atoms. The minimum Gasteiger partial charge on any atom is -0.461 e. The Bertz CT molecular complexity index is 1990. The van der Waals surface area contributed by atoms with Crippen LogP contribution in [0.2, 0.25) is 0 Å². The average Bonchev–Trinajstić information content (AvgIpc) is 3.61. The molecule has 1 aliphatic carbocycles. The van der Waals surface area contributed by atoms with Crippen LogP contribution in [-0.4, -0.2) is 70.9 Å². The summed E-state index contributed by atoms with van der Waals surface area (Å²) in [4.78, 5) is 17.8. The van der Waals surface area contributed by atoms with Crippen LogP contribution >= 0.6 is 0 Å². The first-order valence-corrected chi connectivity index (χ1v) is 15.3. The Morgan fingerprint density at radius 1 is 1.15 bits per heavy atom. The number of fused-ring (bicyclic) bond motifs is 4. The van der Waals surface area contributed by atoms with Gasteiger partial charge in [-0.1, -0.05) is 24.1 Å². The normalized spacial score (nSPS) is 24.2. The Labute approximate surface area is 261 Å². The van der Waals surface area contributed by atoms with Gasteiger partial charge in [-0.2, -0.15) is 18.7 Å². The van der Waals surface area contributed by atoms with E-state index in [4.69, 9.17) is 20.9 Å². The fourth-order valence-corrected chi connectivity index (χ4v) is 7.51. The van der Waals surface area contributed by atoms with Gasteiger partial charge in [0.15, 0.2) is 17.5 Å². The van der Waals surface area contributed by atoms with Crippen LogP contribution in [-0.2, 0) is 4.74 Å². The zero-order valence-corrected chi connectivity index (χ0v) is 24.6. The molecule has 12 heteroatoms. The van der Waals surface area contributed by atoms with Crippen molar-refractivity contribution in [2.45, 2.75) is 37.3 Å². The van der Waals surface area contributed by atoms with Crippen molar-refractivity contribution in [3.63, 3.8) is 0 Å². The van der Waals surface area contributed by atoms with E-state index in [0.717, 1.165) is 18.9 Å². The molecule has 46 heavy (non-hydrogen) atoms. The van der Waals surface area contributed by atoms with Crippen molar-refractivity contribution < 1.29 is 31.4 Å². The van der Waals surface area contributed by atoms with Crippen molar-refractivity contribution in [2.75, 3.05) is 44.4 Å². The van der Waals surface area contributed by atoms with Gasteiger partial charge in [0.2, 0.25) is 0 Å². The molecule has 4 aromatic rings. The monoisotopic (exact) mass is 633 g/mol. The van der Waals surface area contributed by atoms with Gasteiger partial charge in [0.05, 0.1) is 29.7 Å². The number of hydrogen-bond acceptors (Lipinski definition) is 7. The maximum atomic E-state index is 16.7. The van der Waals surface area contributed by atoms with Gasteiger partial charge in [-0.15, -0.1) is 6.42 Å². The van der Waals surface area contributed by atoms with E-state index in [2.05, 4.69) is 20.8 Å². The highest BCUT2D eigenvalue weighted by atomic mass is 19.3. The molecular weight excluding hydrogens is 605 g/mol. The highest BCUT2D eigenvalue weighted by Crippen LogP contribution is 2.45. The predicted octanol–water partition coefficient (Wildman–Crippen LogP) is 6.24. The zero-order chi connectivity index (χ0) is 31.7. The fourth-order valence-electron chi connectivity index (χ4n) is 7.51. The maximum absolute atomic E-state index is 16.7. The van der Waals surface area contributed by atoms with Crippen LogP contribution in [0.4, 0.5) is 27.8 Å². The van der Waals surface area contributed by atoms with Gasteiger partial charge in [-0.25, -0.2) is 13.2 Å². The summed E-state index contributed by atoms with van der Waals surface area (Å²) >= 11 is 0. The van der Waals surface area contributed by atoms with Gasteiger partial charge in [0.1, 0.15) is 23.6 Å². The largest absolute Gasteiger partial charge is 0.461 e. The van der Waals surface area contributed by atoms with Crippen LogP contribution in [0.5, 0.6) is 6.01 Å². The van der Waals surface area contributed by atoms with Crippen LogP contribution < -0.4 is 9.64 Å². The fraction of sp³-hybridized carbons (Fsp3) is 0.382. The molecule has 0 N–H and O–H groups in total. The number of halogens is 5. The van der Waals surface area contributed by atoms with E-state index < -0.39 is 29.1 Å². The summed E-state index contributed by atoms with van der Waals surface area (Å²) in [6.45, 7) is 2.52. The molecule has 2 aromatic heterocycles. The second kappa shape index (κ2) is 10.9. The second-order valence-electron chi connectivity index (χ2n) is 12.5. The molecule has 2 aromatic carbocycles. The summed E-state index contributed by atoms with van der Waals surface area (Å²) in [7, 11) is 0. The van der Waals surface area contributed by atoms with Crippen LogP contribution in [0, 0.1) is 35.7 Å². The number of benzene rings is 2. The molecule has 4 fully saturated rings. The zero-order valence-electron chi connectivity index (χ0n) is 24.6. The average molecular weight is 634 g/mol. The second-order valence-corrected chi connectivity index (χ2v) is 12.5. The van der Waals surface area contributed by atoms with Crippen molar-refractivity contribution in [3.05, 3.63) is 65.1 Å². The van der Waals surface area contributed by atoms with Crippen LogP contribution in [0.1, 0.15) is 31.2 Å². The van der Waals surface area contributed by atoms with Crippen molar-refractivity contribution in [1.82, 2.24) is 19.9 Å². The molecule has 5 heterocycles. The molecule has 0 spiro atoms. The third-order valence-electron chi connectivity index (χ3n) is 9.87. The first-order chi connectivity index (χ1) is 22.3. The Kier molecular flexibility index (Phi) is 6.88. The van der Waals surface area contributed by atoms with Crippen molar-refractivity contribution in [3.8, 4) is 29.6 Å². The number of aromatic nitrogens is 3. The van der Waals surface area contributed by atoms with Crippen LogP contribution in [0.25, 0.3) is 32.9 Å². The van der Waals surface area contributed by atoms with E-state index in [1.165, 1.54) is 6.20 Å². The number of anilines is 1. The van der Waals surface area contributed by atoms with Crippen molar-refractivity contribution in [1.29, 1.82) is 0 Å². The lowest BCUT2D eigenvalue weighted by Crippen LogP contribution is -2.43. The van der Waals surface area contributed by atoms with E-state index >= 15 is 4.39 Å². The molecule has 236 valence electrons. The molecule has 0 amide bonds. The lowest BCUT2D eigenvalue weighted by atomic mass is 9.94. The molecule has 8 rings (SSSR count). The third-order valence-corrected chi connectivity index (χ3v) is 9.87. The number of terminal acetylenes is 1. The summed E-state index contributed by atoms with van der Waals surface area (Å²) < 4.78 is 85.0. The first kappa shape index (κ1) is 29.1. The topological polar surface area (TPSA) is 63.6 Å². The standard InChI is InChI=1S/C34H28F5N5O2/c1-2-21-26-18(11-24(35)27(21)36)5-3-6-22(26)29-28(37)30-23(14-40-29)32(44-9-10-45-16-19-12-25(19)44)42-33(41-30)46-17-34-7-4-8-43(34)15-20(13-34)31(38)39/h1,3,5-6,11,14,19,25H,4,7-10,12-13,15-17H2/t19-,25-,34-/m0/s1. The number of nitrogens with zero attached hydrogens (tertiary/aromatic N) is 5. The SMILES string of the molecule is C#Cc1c(F)c(F)cc2cccc(-c3ncc4c(N5CCOC[C@@H]6C[C@@H]65)nc(OC[C@@]56CCCN5CC(=C(F)F)C6)nc4c3F)c12. The third kappa shape index (κ3) is 4.59. The Balaban J connectivity index is 1.26. The van der Waals surface area contributed by atoms with Gasteiger partial charge in [0.25, 0.3) is 6.08 Å². The molecule has 3 saturated heterocycles. The number of rotatable bonds is 5. The number of pyridine rings is 1. The van der Waals surface area contributed by atoms with Crippen LogP contribution in [0.3, 0.4) is 0 Å². The predicted molar refractivity (Wildman–Crippen MR) is 161 cm³/mol. The molecule has 1 saturated carbocycles.